The average Bonchev–Trinajstić information content (AvgIpc) is 2.88. The summed E-state index contributed by atoms with van der Waals surface area (Å²) in [5.74, 6) is -1.28. The first-order chi connectivity index (χ1) is 17.4. The number of carbonyl (C=O) groups excluding carboxylic acids is 1. The topological polar surface area (TPSA) is 44.8 Å². The van der Waals surface area contributed by atoms with Gasteiger partial charge in [-0.25, -0.2) is 13.6 Å². The van der Waals surface area contributed by atoms with E-state index in [1.54, 1.807) is 23.1 Å². The summed E-state index contributed by atoms with van der Waals surface area (Å²) in [5.41, 5.74) is 1.62. The fourth-order valence-corrected chi connectivity index (χ4v) is 4.41. The van der Waals surface area contributed by atoms with Crippen molar-refractivity contribution in [1.82, 2.24) is 15.1 Å². The Morgan fingerprint density at radius 2 is 1.58 bits per heavy atom. The quantitative estimate of drug-likeness (QED) is 0.383. The van der Waals surface area contributed by atoms with Crippen molar-refractivity contribution >= 4 is 29.2 Å². The average molecular weight is 534 g/mol. The van der Waals surface area contributed by atoms with Gasteiger partial charge in [-0.1, -0.05) is 59.6 Å². The van der Waals surface area contributed by atoms with Gasteiger partial charge in [0.2, 0.25) is 0 Å². The van der Waals surface area contributed by atoms with Gasteiger partial charge in [0, 0.05) is 54.9 Å². The van der Waals surface area contributed by atoms with Gasteiger partial charge < -0.3 is 15.0 Å². The third-order valence-corrected chi connectivity index (χ3v) is 6.82. The van der Waals surface area contributed by atoms with Crippen molar-refractivity contribution in [1.29, 1.82) is 0 Å². The molecule has 3 aromatic carbocycles. The van der Waals surface area contributed by atoms with Crippen LogP contribution >= 0.6 is 23.2 Å². The fourth-order valence-electron chi connectivity index (χ4n) is 4.08. The number of benzene rings is 3. The molecule has 9 heteroatoms. The van der Waals surface area contributed by atoms with Gasteiger partial charge in [-0.15, -0.1) is 0 Å². The molecular weight excluding hydrogens is 507 g/mol. The second kappa shape index (κ2) is 12.5. The van der Waals surface area contributed by atoms with Gasteiger partial charge in [0.1, 0.15) is 11.6 Å². The van der Waals surface area contributed by atoms with Crippen molar-refractivity contribution in [3.05, 3.63) is 105 Å². The standard InChI is InChI=1S/C27H27Cl2F2N3O2/c28-21-10-8-19(9-11-21)26(36-18-22-24(30)6-3-7-25(22)31)17-33-12-14-34(15-13-33)27(35)32-16-20-4-1-2-5-23(20)29/h1-11,26H,12-18H2,(H,32,35). The largest absolute Gasteiger partial charge is 0.367 e. The van der Waals surface area contributed by atoms with Crippen molar-refractivity contribution in [2.24, 2.45) is 0 Å². The number of hydrogen-bond acceptors (Lipinski definition) is 3. The molecule has 1 unspecified atom stereocenters. The van der Waals surface area contributed by atoms with E-state index in [9.17, 15) is 13.6 Å². The minimum absolute atomic E-state index is 0.100. The minimum Gasteiger partial charge on any atom is -0.367 e. The number of amides is 2. The molecule has 2 amide bonds. The number of piperazine rings is 1. The highest BCUT2D eigenvalue weighted by Crippen LogP contribution is 2.25. The summed E-state index contributed by atoms with van der Waals surface area (Å²) in [6.07, 6.45) is -0.429. The summed E-state index contributed by atoms with van der Waals surface area (Å²) >= 11 is 12.2. The molecule has 1 N–H and O–H groups in total. The van der Waals surface area contributed by atoms with Crippen molar-refractivity contribution in [2.75, 3.05) is 32.7 Å². The van der Waals surface area contributed by atoms with Gasteiger partial charge in [0.25, 0.3) is 0 Å². The zero-order chi connectivity index (χ0) is 25.5. The highest BCUT2D eigenvalue weighted by molar-refractivity contribution is 6.31. The van der Waals surface area contributed by atoms with Gasteiger partial charge in [0.05, 0.1) is 12.7 Å². The molecule has 0 saturated carbocycles. The maximum Gasteiger partial charge on any atom is 0.317 e. The minimum atomic E-state index is -0.638. The van der Waals surface area contributed by atoms with Crippen LogP contribution in [-0.4, -0.2) is 48.6 Å². The molecule has 1 aliphatic heterocycles. The van der Waals surface area contributed by atoms with E-state index in [4.69, 9.17) is 27.9 Å². The Hall–Kier alpha value is -2.71. The van der Waals surface area contributed by atoms with E-state index in [0.29, 0.717) is 49.3 Å². The number of nitrogens with zero attached hydrogens (tertiary/aromatic N) is 2. The van der Waals surface area contributed by atoms with Crippen molar-refractivity contribution in [3.63, 3.8) is 0 Å². The molecule has 1 fully saturated rings. The molecule has 36 heavy (non-hydrogen) atoms. The van der Waals surface area contributed by atoms with Crippen molar-refractivity contribution in [2.45, 2.75) is 19.3 Å². The number of rotatable bonds is 8. The molecule has 190 valence electrons. The van der Waals surface area contributed by atoms with Gasteiger partial charge in [-0.2, -0.15) is 0 Å². The summed E-state index contributed by atoms with van der Waals surface area (Å²) in [4.78, 5) is 16.6. The molecular formula is C27H27Cl2F2N3O2. The first kappa shape index (κ1) is 26.4. The van der Waals surface area contributed by atoms with E-state index in [1.807, 2.05) is 30.3 Å². The van der Waals surface area contributed by atoms with Crippen LogP contribution in [-0.2, 0) is 17.9 Å². The van der Waals surface area contributed by atoms with Crippen molar-refractivity contribution < 1.29 is 18.3 Å². The third kappa shape index (κ3) is 6.95. The Morgan fingerprint density at radius 1 is 0.917 bits per heavy atom. The normalized spacial score (nSPS) is 15.1. The summed E-state index contributed by atoms with van der Waals surface area (Å²) in [6, 6.07) is 18.2. The fraction of sp³-hybridized carbons (Fsp3) is 0.296. The summed E-state index contributed by atoms with van der Waals surface area (Å²) in [5, 5.41) is 4.13. The molecule has 0 radical (unpaired) electrons. The van der Waals surface area contributed by atoms with Crippen LogP contribution < -0.4 is 5.32 Å². The lowest BCUT2D eigenvalue weighted by Crippen LogP contribution is -2.52. The lowest BCUT2D eigenvalue weighted by Gasteiger charge is -2.36. The smallest absolute Gasteiger partial charge is 0.317 e. The van der Waals surface area contributed by atoms with E-state index in [-0.39, 0.29) is 18.2 Å². The van der Waals surface area contributed by atoms with Crippen LogP contribution in [0.3, 0.4) is 0 Å². The molecule has 5 nitrogen and oxygen atoms in total. The van der Waals surface area contributed by atoms with Gasteiger partial charge in [-0.3, -0.25) is 4.90 Å². The second-order valence-corrected chi connectivity index (χ2v) is 9.43. The number of nitrogens with one attached hydrogen (secondary N) is 1. The zero-order valence-corrected chi connectivity index (χ0v) is 21.1. The van der Waals surface area contributed by atoms with E-state index >= 15 is 0 Å². The van der Waals surface area contributed by atoms with Gasteiger partial charge >= 0.3 is 6.03 Å². The summed E-state index contributed by atoms with van der Waals surface area (Å²) < 4.78 is 34.3. The molecule has 0 bridgehead atoms. The molecule has 3 aromatic rings. The summed E-state index contributed by atoms with van der Waals surface area (Å²) in [6.45, 7) is 3.04. The highest BCUT2D eigenvalue weighted by Gasteiger charge is 2.25. The number of hydrogen-bond donors (Lipinski definition) is 1. The predicted octanol–water partition coefficient (Wildman–Crippen LogP) is 6.06. The van der Waals surface area contributed by atoms with Crippen LogP contribution in [0.5, 0.6) is 0 Å². The Bertz CT molecular complexity index is 1150. The van der Waals surface area contributed by atoms with E-state index in [2.05, 4.69) is 10.2 Å². The lowest BCUT2D eigenvalue weighted by molar-refractivity contribution is 0.00340. The number of ether oxygens (including phenoxy) is 1. The maximum atomic E-state index is 14.1. The lowest BCUT2D eigenvalue weighted by atomic mass is 10.1. The first-order valence-electron chi connectivity index (χ1n) is 11.7. The maximum absolute atomic E-state index is 14.1. The molecule has 0 aliphatic carbocycles. The summed E-state index contributed by atoms with van der Waals surface area (Å²) in [7, 11) is 0. The van der Waals surface area contributed by atoms with E-state index in [0.717, 1.165) is 11.1 Å². The monoisotopic (exact) mass is 533 g/mol. The number of halogens is 4. The number of carbonyl (C=O) groups is 1. The SMILES string of the molecule is O=C(NCc1ccccc1Cl)N1CCN(CC(OCc2c(F)cccc2F)c2ccc(Cl)cc2)CC1. The molecule has 1 atom stereocenters. The molecule has 1 saturated heterocycles. The van der Waals surface area contributed by atoms with E-state index < -0.39 is 17.7 Å². The van der Waals surface area contributed by atoms with Crippen LogP contribution in [0.1, 0.15) is 22.8 Å². The Labute approximate surface area is 219 Å². The van der Waals surface area contributed by atoms with Crippen LogP contribution in [0.15, 0.2) is 66.7 Å². The van der Waals surface area contributed by atoms with Crippen LogP contribution in [0.2, 0.25) is 10.0 Å². The number of urea groups is 1. The Balaban J connectivity index is 1.34. The molecule has 0 spiro atoms. The van der Waals surface area contributed by atoms with E-state index in [1.165, 1.54) is 18.2 Å². The van der Waals surface area contributed by atoms with Gasteiger partial charge in [0.15, 0.2) is 0 Å². The van der Waals surface area contributed by atoms with Gasteiger partial charge in [-0.05, 0) is 41.5 Å². The van der Waals surface area contributed by atoms with Crippen LogP contribution in [0, 0.1) is 11.6 Å². The molecule has 0 aromatic heterocycles. The zero-order valence-electron chi connectivity index (χ0n) is 19.6. The second-order valence-electron chi connectivity index (χ2n) is 8.59. The first-order valence-corrected chi connectivity index (χ1v) is 12.4. The third-order valence-electron chi connectivity index (χ3n) is 6.20. The molecule has 1 aliphatic rings. The van der Waals surface area contributed by atoms with Crippen molar-refractivity contribution in [3.8, 4) is 0 Å². The Morgan fingerprint density at radius 3 is 2.25 bits per heavy atom. The Kier molecular flexibility index (Phi) is 9.15. The van der Waals surface area contributed by atoms with Crippen LogP contribution in [0.4, 0.5) is 13.6 Å². The van der Waals surface area contributed by atoms with Crippen LogP contribution in [0.25, 0.3) is 0 Å². The highest BCUT2D eigenvalue weighted by atomic mass is 35.5. The molecule has 1 heterocycles. The predicted molar refractivity (Wildman–Crippen MR) is 137 cm³/mol. The molecule has 4 rings (SSSR count).